The van der Waals surface area contributed by atoms with E-state index in [-0.39, 0.29) is 5.91 Å². The molecule has 0 aliphatic carbocycles. The molecule has 148 valence electrons. The molecule has 6 nitrogen and oxygen atoms in total. The van der Waals surface area contributed by atoms with Crippen molar-refractivity contribution in [2.45, 2.75) is 6.92 Å². The van der Waals surface area contributed by atoms with Crippen molar-refractivity contribution in [2.75, 3.05) is 42.5 Å². The first kappa shape index (κ1) is 18.9. The number of hydrogen-bond acceptors (Lipinski definition) is 5. The van der Waals surface area contributed by atoms with Gasteiger partial charge >= 0.3 is 0 Å². The fraction of sp³-hybridized carbons (Fsp3) is 0.261. The number of amides is 1. The fourth-order valence-electron chi connectivity index (χ4n) is 3.62. The molecule has 4 rings (SSSR count). The first-order valence-corrected chi connectivity index (χ1v) is 10.00. The minimum absolute atomic E-state index is 0.0560. The minimum atomic E-state index is -0.0560. The van der Waals surface area contributed by atoms with Crippen LogP contribution in [0.4, 0.5) is 17.2 Å². The van der Waals surface area contributed by atoms with E-state index >= 15 is 0 Å². The Kier molecular flexibility index (Phi) is 5.70. The Morgan fingerprint density at radius 1 is 0.897 bits per heavy atom. The second-order valence-corrected chi connectivity index (χ2v) is 6.95. The van der Waals surface area contributed by atoms with E-state index in [1.54, 1.807) is 12.4 Å². The Labute approximate surface area is 171 Å². The highest BCUT2D eigenvalue weighted by Crippen LogP contribution is 2.22. The monoisotopic (exact) mass is 387 g/mol. The molecule has 29 heavy (non-hydrogen) atoms. The van der Waals surface area contributed by atoms with Crippen LogP contribution in [-0.2, 0) is 0 Å². The number of rotatable bonds is 5. The van der Waals surface area contributed by atoms with E-state index in [0.29, 0.717) is 18.8 Å². The van der Waals surface area contributed by atoms with Crippen LogP contribution in [0, 0.1) is 0 Å². The van der Waals surface area contributed by atoms with Gasteiger partial charge in [-0.2, -0.15) is 0 Å². The van der Waals surface area contributed by atoms with E-state index in [4.69, 9.17) is 0 Å². The number of para-hydroxylation sites is 2. The molecule has 0 unspecified atom stereocenters. The van der Waals surface area contributed by atoms with Crippen molar-refractivity contribution in [1.29, 1.82) is 0 Å². The van der Waals surface area contributed by atoms with Crippen LogP contribution in [-0.4, -0.2) is 53.5 Å². The van der Waals surface area contributed by atoms with Gasteiger partial charge in [0, 0.05) is 44.1 Å². The third-order valence-corrected chi connectivity index (χ3v) is 5.21. The van der Waals surface area contributed by atoms with E-state index in [0.717, 1.165) is 31.1 Å². The Morgan fingerprint density at radius 2 is 1.55 bits per heavy atom. The fourth-order valence-corrected chi connectivity index (χ4v) is 3.62. The van der Waals surface area contributed by atoms with E-state index in [9.17, 15) is 4.79 Å². The lowest BCUT2D eigenvalue weighted by molar-refractivity contribution is 0.0740. The highest BCUT2D eigenvalue weighted by molar-refractivity contribution is 5.92. The summed E-state index contributed by atoms with van der Waals surface area (Å²) in [7, 11) is 0. The van der Waals surface area contributed by atoms with Crippen molar-refractivity contribution in [1.82, 2.24) is 14.9 Å². The van der Waals surface area contributed by atoms with Crippen LogP contribution in [0.3, 0.4) is 0 Å². The smallest absolute Gasteiger partial charge is 0.274 e. The molecule has 1 saturated heterocycles. The number of anilines is 3. The summed E-state index contributed by atoms with van der Waals surface area (Å²) in [6.07, 6.45) is 3.27. The number of aromatic nitrogens is 2. The summed E-state index contributed by atoms with van der Waals surface area (Å²) in [5.41, 5.74) is 2.65. The van der Waals surface area contributed by atoms with Gasteiger partial charge in [0.1, 0.15) is 5.69 Å². The largest absolute Gasteiger partial charge is 0.368 e. The van der Waals surface area contributed by atoms with Gasteiger partial charge in [-0.1, -0.05) is 36.4 Å². The van der Waals surface area contributed by atoms with Crippen molar-refractivity contribution in [3.8, 4) is 0 Å². The van der Waals surface area contributed by atoms with Gasteiger partial charge in [-0.05, 0) is 31.2 Å². The predicted molar refractivity (Wildman–Crippen MR) is 116 cm³/mol. The molecule has 3 aromatic rings. The number of carbonyl (C=O) groups excluding carboxylic acids is 1. The van der Waals surface area contributed by atoms with Gasteiger partial charge < -0.3 is 14.7 Å². The summed E-state index contributed by atoms with van der Waals surface area (Å²) in [5.74, 6) is 0.684. The predicted octanol–water partition coefficient (Wildman–Crippen LogP) is 3.60. The van der Waals surface area contributed by atoms with Crippen LogP contribution in [0.1, 0.15) is 17.4 Å². The molecule has 0 N–H and O–H groups in total. The second kappa shape index (κ2) is 8.73. The number of benzene rings is 2. The molecule has 2 heterocycles. The zero-order valence-corrected chi connectivity index (χ0v) is 16.6. The molecule has 0 bridgehead atoms. The van der Waals surface area contributed by atoms with E-state index < -0.39 is 0 Å². The van der Waals surface area contributed by atoms with E-state index in [1.165, 1.54) is 5.69 Å². The summed E-state index contributed by atoms with van der Waals surface area (Å²) in [5, 5.41) is 0. The van der Waals surface area contributed by atoms with Crippen molar-refractivity contribution >= 4 is 23.1 Å². The van der Waals surface area contributed by atoms with Crippen molar-refractivity contribution in [3.63, 3.8) is 0 Å². The van der Waals surface area contributed by atoms with Crippen molar-refractivity contribution in [2.24, 2.45) is 0 Å². The topological polar surface area (TPSA) is 52.6 Å². The maximum Gasteiger partial charge on any atom is 0.274 e. The third-order valence-electron chi connectivity index (χ3n) is 5.21. The van der Waals surface area contributed by atoms with Crippen LogP contribution in [0.15, 0.2) is 73.1 Å². The number of hydrogen-bond donors (Lipinski definition) is 0. The average molecular weight is 387 g/mol. The number of nitrogens with zero attached hydrogens (tertiary/aromatic N) is 5. The molecule has 1 fully saturated rings. The molecule has 0 radical (unpaired) electrons. The van der Waals surface area contributed by atoms with Gasteiger partial charge in [-0.25, -0.2) is 9.97 Å². The van der Waals surface area contributed by atoms with Crippen LogP contribution in [0.2, 0.25) is 0 Å². The SMILES string of the molecule is CCN(c1ccccc1)c1cnc(C(=O)N2CCN(c3ccccc3)CC2)cn1. The second-order valence-electron chi connectivity index (χ2n) is 6.95. The Balaban J connectivity index is 1.41. The van der Waals surface area contributed by atoms with Gasteiger partial charge in [0.2, 0.25) is 0 Å². The summed E-state index contributed by atoms with van der Waals surface area (Å²) in [4.78, 5) is 28.0. The zero-order chi connectivity index (χ0) is 20.1. The van der Waals surface area contributed by atoms with Crippen LogP contribution in [0.5, 0.6) is 0 Å². The molecule has 0 spiro atoms. The maximum atomic E-state index is 12.9. The van der Waals surface area contributed by atoms with Crippen LogP contribution >= 0.6 is 0 Å². The summed E-state index contributed by atoms with van der Waals surface area (Å²) in [6.45, 7) is 5.84. The minimum Gasteiger partial charge on any atom is -0.368 e. The molecule has 0 atom stereocenters. The summed E-state index contributed by atoms with van der Waals surface area (Å²) in [6, 6.07) is 20.4. The zero-order valence-electron chi connectivity index (χ0n) is 16.6. The molecule has 6 heteroatoms. The highest BCUT2D eigenvalue weighted by atomic mass is 16.2. The molecule has 2 aromatic carbocycles. The first-order valence-electron chi connectivity index (χ1n) is 10.00. The highest BCUT2D eigenvalue weighted by Gasteiger charge is 2.23. The molecule has 1 aliphatic heterocycles. The van der Waals surface area contributed by atoms with Gasteiger partial charge in [0.25, 0.3) is 5.91 Å². The normalized spacial score (nSPS) is 14.0. The lowest BCUT2D eigenvalue weighted by Crippen LogP contribution is -2.49. The first-order chi connectivity index (χ1) is 14.3. The molecule has 0 saturated carbocycles. The average Bonchev–Trinajstić information content (AvgIpc) is 2.81. The lowest BCUT2D eigenvalue weighted by Gasteiger charge is -2.36. The Hall–Kier alpha value is -3.41. The standard InChI is InChI=1S/C23H25N5O/c1-2-28(20-11-7-4-8-12-20)22-18-24-21(17-25-22)23(29)27-15-13-26(14-16-27)19-9-5-3-6-10-19/h3-12,17-18H,2,13-16H2,1H3. The van der Waals surface area contributed by atoms with Crippen molar-refractivity contribution in [3.05, 3.63) is 78.8 Å². The molecular weight excluding hydrogens is 362 g/mol. The quantitative estimate of drug-likeness (QED) is 0.670. The van der Waals surface area contributed by atoms with Crippen molar-refractivity contribution < 1.29 is 4.79 Å². The van der Waals surface area contributed by atoms with Gasteiger partial charge in [-0.3, -0.25) is 4.79 Å². The van der Waals surface area contributed by atoms with Gasteiger partial charge in [0.05, 0.1) is 12.4 Å². The van der Waals surface area contributed by atoms with Crippen LogP contribution in [0.25, 0.3) is 0 Å². The third kappa shape index (κ3) is 4.21. The summed E-state index contributed by atoms with van der Waals surface area (Å²) < 4.78 is 0. The Morgan fingerprint density at radius 3 is 2.14 bits per heavy atom. The Bertz CT molecular complexity index is 923. The number of piperazine rings is 1. The summed E-state index contributed by atoms with van der Waals surface area (Å²) >= 11 is 0. The van der Waals surface area contributed by atoms with E-state index in [1.807, 2.05) is 53.4 Å². The molecule has 1 aliphatic rings. The molecule has 1 amide bonds. The number of carbonyl (C=O) groups is 1. The van der Waals surface area contributed by atoms with Crippen LogP contribution < -0.4 is 9.80 Å². The maximum absolute atomic E-state index is 12.9. The molecule has 1 aromatic heterocycles. The van der Waals surface area contributed by atoms with E-state index in [2.05, 4.69) is 38.8 Å². The van der Waals surface area contributed by atoms with Gasteiger partial charge in [0.15, 0.2) is 5.82 Å². The molecular formula is C23H25N5O. The van der Waals surface area contributed by atoms with Gasteiger partial charge in [-0.15, -0.1) is 0 Å². The lowest BCUT2D eigenvalue weighted by atomic mass is 10.2.